The summed E-state index contributed by atoms with van der Waals surface area (Å²) in [7, 11) is 2.21. The Bertz CT molecular complexity index is 504. The fourth-order valence-electron chi connectivity index (χ4n) is 4.15. The standard InChI is InChI=1S/C17H25N3O/c1-17-10-7-12-19(2)15(17)9-4-6-13-20(17)16(21)14-8-3-5-11-18-14/h3,5,8,11,15H,4,6-7,9-10,12-13H2,1-2H3/t15-,17-/m0/s1. The van der Waals surface area contributed by atoms with E-state index in [4.69, 9.17) is 0 Å². The normalized spacial score (nSPS) is 30.6. The van der Waals surface area contributed by atoms with Gasteiger partial charge < -0.3 is 9.80 Å². The van der Waals surface area contributed by atoms with Crippen LogP contribution in [0.3, 0.4) is 0 Å². The number of aromatic nitrogens is 1. The molecule has 2 saturated heterocycles. The Balaban J connectivity index is 1.93. The third-order valence-corrected chi connectivity index (χ3v) is 5.30. The number of fused-ring (bicyclic) bond motifs is 1. The summed E-state index contributed by atoms with van der Waals surface area (Å²) in [6.07, 6.45) is 7.46. The Morgan fingerprint density at radius 3 is 2.90 bits per heavy atom. The van der Waals surface area contributed by atoms with E-state index in [1.165, 1.54) is 12.8 Å². The van der Waals surface area contributed by atoms with Crippen LogP contribution in [0, 0.1) is 0 Å². The van der Waals surface area contributed by atoms with Crippen LogP contribution >= 0.6 is 0 Å². The Kier molecular flexibility index (Phi) is 3.98. The van der Waals surface area contributed by atoms with Gasteiger partial charge in [0.05, 0.1) is 5.54 Å². The molecule has 3 heterocycles. The lowest BCUT2D eigenvalue weighted by atomic mass is 9.80. The molecule has 0 unspecified atom stereocenters. The van der Waals surface area contributed by atoms with Gasteiger partial charge in [-0.15, -0.1) is 0 Å². The van der Waals surface area contributed by atoms with Crippen molar-refractivity contribution >= 4 is 5.91 Å². The van der Waals surface area contributed by atoms with Gasteiger partial charge in [-0.3, -0.25) is 9.78 Å². The number of likely N-dealkylation sites (N-methyl/N-ethyl adjacent to an activating group) is 1. The number of rotatable bonds is 1. The molecule has 0 aromatic carbocycles. The average molecular weight is 287 g/mol. The van der Waals surface area contributed by atoms with Crippen LogP contribution < -0.4 is 0 Å². The van der Waals surface area contributed by atoms with E-state index in [0.717, 1.165) is 32.4 Å². The van der Waals surface area contributed by atoms with Crippen LogP contribution in [0.5, 0.6) is 0 Å². The lowest BCUT2D eigenvalue weighted by Crippen LogP contribution is -2.63. The minimum Gasteiger partial charge on any atom is -0.330 e. The predicted molar refractivity (Wildman–Crippen MR) is 83.2 cm³/mol. The molecule has 2 fully saturated rings. The monoisotopic (exact) mass is 287 g/mol. The molecule has 1 aromatic heterocycles. The lowest BCUT2D eigenvalue weighted by Gasteiger charge is -2.51. The van der Waals surface area contributed by atoms with E-state index in [-0.39, 0.29) is 11.4 Å². The number of hydrogen-bond donors (Lipinski definition) is 0. The molecule has 2 aliphatic rings. The second kappa shape index (κ2) is 5.76. The molecule has 0 aliphatic carbocycles. The zero-order valence-corrected chi connectivity index (χ0v) is 13.1. The van der Waals surface area contributed by atoms with Crippen molar-refractivity contribution in [3.05, 3.63) is 30.1 Å². The number of carbonyl (C=O) groups is 1. The van der Waals surface area contributed by atoms with Gasteiger partial charge in [0, 0.05) is 18.8 Å². The number of piperidine rings is 1. The Morgan fingerprint density at radius 1 is 1.29 bits per heavy atom. The molecule has 1 aromatic rings. The highest BCUT2D eigenvalue weighted by atomic mass is 16.2. The first-order chi connectivity index (χ1) is 10.1. The van der Waals surface area contributed by atoms with Gasteiger partial charge in [-0.05, 0) is 58.3 Å². The molecule has 2 aliphatic heterocycles. The van der Waals surface area contributed by atoms with Crippen LogP contribution in [0.15, 0.2) is 24.4 Å². The maximum atomic E-state index is 13.0. The maximum Gasteiger partial charge on any atom is 0.272 e. The van der Waals surface area contributed by atoms with E-state index in [9.17, 15) is 4.79 Å². The zero-order valence-electron chi connectivity index (χ0n) is 13.1. The fourth-order valence-corrected chi connectivity index (χ4v) is 4.15. The van der Waals surface area contributed by atoms with Gasteiger partial charge in [-0.1, -0.05) is 12.5 Å². The van der Waals surface area contributed by atoms with Crippen LogP contribution in [-0.2, 0) is 0 Å². The summed E-state index contributed by atoms with van der Waals surface area (Å²) in [5.74, 6) is 0.0975. The molecule has 21 heavy (non-hydrogen) atoms. The van der Waals surface area contributed by atoms with Crippen molar-refractivity contribution < 1.29 is 4.79 Å². The van der Waals surface area contributed by atoms with Gasteiger partial charge in [0.1, 0.15) is 5.69 Å². The van der Waals surface area contributed by atoms with E-state index < -0.39 is 0 Å². The number of nitrogens with zero attached hydrogens (tertiary/aromatic N) is 3. The fraction of sp³-hybridized carbons (Fsp3) is 0.647. The number of amides is 1. The molecular formula is C17H25N3O. The summed E-state index contributed by atoms with van der Waals surface area (Å²) >= 11 is 0. The minimum absolute atomic E-state index is 0.0574. The van der Waals surface area contributed by atoms with E-state index in [1.54, 1.807) is 6.20 Å². The smallest absolute Gasteiger partial charge is 0.272 e. The maximum absolute atomic E-state index is 13.0. The molecule has 4 heteroatoms. The summed E-state index contributed by atoms with van der Waals surface area (Å²) < 4.78 is 0. The van der Waals surface area contributed by atoms with Crippen molar-refractivity contribution in [1.82, 2.24) is 14.8 Å². The van der Waals surface area contributed by atoms with Crippen molar-refractivity contribution in [2.45, 2.75) is 50.6 Å². The quantitative estimate of drug-likeness (QED) is 0.796. The summed E-state index contributed by atoms with van der Waals surface area (Å²) in [6.45, 7) is 4.28. The summed E-state index contributed by atoms with van der Waals surface area (Å²) in [6, 6.07) is 6.06. The van der Waals surface area contributed by atoms with Crippen molar-refractivity contribution in [3.8, 4) is 0 Å². The first-order valence-corrected chi connectivity index (χ1v) is 8.06. The number of carbonyl (C=O) groups excluding carboxylic acids is 1. The van der Waals surface area contributed by atoms with E-state index in [1.807, 2.05) is 18.2 Å². The highest BCUT2D eigenvalue weighted by Crippen LogP contribution is 2.38. The molecule has 0 radical (unpaired) electrons. The van der Waals surface area contributed by atoms with Crippen LogP contribution in [0.1, 0.15) is 49.5 Å². The summed E-state index contributed by atoms with van der Waals surface area (Å²) in [5, 5.41) is 0. The van der Waals surface area contributed by atoms with E-state index in [2.05, 4.69) is 28.8 Å². The molecule has 0 bridgehead atoms. The highest BCUT2D eigenvalue weighted by molar-refractivity contribution is 5.92. The number of hydrogen-bond acceptors (Lipinski definition) is 3. The van der Waals surface area contributed by atoms with Gasteiger partial charge >= 0.3 is 0 Å². The second-order valence-electron chi connectivity index (χ2n) is 6.62. The van der Waals surface area contributed by atoms with Gasteiger partial charge in [0.15, 0.2) is 0 Å². The van der Waals surface area contributed by atoms with Crippen molar-refractivity contribution in [2.75, 3.05) is 20.1 Å². The Hall–Kier alpha value is -1.42. The molecule has 1 amide bonds. The molecule has 0 N–H and O–H groups in total. The molecule has 4 nitrogen and oxygen atoms in total. The molecule has 2 atom stereocenters. The van der Waals surface area contributed by atoms with Crippen LogP contribution in [-0.4, -0.2) is 52.4 Å². The molecule has 0 spiro atoms. The molecular weight excluding hydrogens is 262 g/mol. The van der Waals surface area contributed by atoms with E-state index >= 15 is 0 Å². The summed E-state index contributed by atoms with van der Waals surface area (Å²) in [4.78, 5) is 21.8. The average Bonchev–Trinajstić information content (AvgIpc) is 2.67. The van der Waals surface area contributed by atoms with E-state index in [0.29, 0.717) is 11.7 Å². The van der Waals surface area contributed by atoms with Gasteiger partial charge in [0.25, 0.3) is 5.91 Å². The van der Waals surface area contributed by atoms with Crippen molar-refractivity contribution in [2.24, 2.45) is 0 Å². The lowest BCUT2D eigenvalue weighted by molar-refractivity contribution is -0.00414. The second-order valence-corrected chi connectivity index (χ2v) is 6.62. The topological polar surface area (TPSA) is 36.4 Å². The first kappa shape index (κ1) is 14.5. The molecule has 114 valence electrons. The zero-order chi connectivity index (χ0) is 14.9. The number of likely N-dealkylation sites (tertiary alicyclic amines) is 2. The van der Waals surface area contributed by atoms with Gasteiger partial charge in [0.2, 0.25) is 0 Å². The van der Waals surface area contributed by atoms with Crippen molar-refractivity contribution in [1.29, 1.82) is 0 Å². The third-order valence-electron chi connectivity index (χ3n) is 5.30. The molecule has 3 rings (SSSR count). The summed E-state index contributed by atoms with van der Waals surface area (Å²) in [5.41, 5.74) is 0.519. The SMILES string of the molecule is CN1CCC[C@@]2(C)[C@@H]1CCCCN2C(=O)c1ccccn1. The van der Waals surface area contributed by atoms with Crippen LogP contribution in [0.25, 0.3) is 0 Å². The predicted octanol–water partition coefficient (Wildman–Crippen LogP) is 2.56. The van der Waals surface area contributed by atoms with Gasteiger partial charge in [-0.25, -0.2) is 0 Å². The van der Waals surface area contributed by atoms with Crippen LogP contribution in [0.2, 0.25) is 0 Å². The van der Waals surface area contributed by atoms with Gasteiger partial charge in [-0.2, -0.15) is 0 Å². The minimum atomic E-state index is -0.0574. The first-order valence-electron chi connectivity index (χ1n) is 8.06. The Morgan fingerprint density at radius 2 is 2.14 bits per heavy atom. The number of pyridine rings is 1. The largest absolute Gasteiger partial charge is 0.330 e. The molecule has 0 saturated carbocycles. The van der Waals surface area contributed by atoms with Crippen LogP contribution in [0.4, 0.5) is 0 Å². The highest BCUT2D eigenvalue weighted by Gasteiger charge is 2.46. The van der Waals surface area contributed by atoms with Crippen molar-refractivity contribution in [3.63, 3.8) is 0 Å². The Labute approximate surface area is 127 Å². The third kappa shape index (κ3) is 2.57.